The third-order valence-corrected chi connectivity index (χ3v) is 3.95. The lowest BCUT2D eigenvalue weighted by Gasteiger charge is -2.24. The Hall–Kier alpha value is -2.35. The van der Waals surface area contributed by atoms with Crippen LogP contribution in [0.1, 0.15) is 38.2 Å². The van der Waals surface area contributed by atoms with Crippen LogP contribution in [0.3, 0.4) is 0 Å². The molecule has 0 aliphatic rings. The van der Waals surface area contributed by atoms with Gasteiger partial charge in [0, 0.05) is 19.8 Å². The molecule has 2 N–H and O–H groups in total. The zero-order chi connectivity index (χ0) is 18.8. The third kappa shape index (κ3) is 4.19. The summed E-state index contributed by atoms with van der Waals surface area (Å²) in [6, 6.07) is 0. The van der Waals surface area contributed by atoms with E-state index in [4.69, 9.17) is 11.6 Å². The van der Waals surface area contributed by atoms with Crippen molar-refractivity contribution in [3.63, 3.8) is 0 Å². The summed E-state index contributed by atoms with van der Waals surface area (Å²) in [6.45, 7) is 7.96. The van der Waals surface area contributed by atoms with E-state index < -0.39 is 5.54 Å². The Morgan fingerprint density at radius 1 is 1.28 bits per heavy atom. The Morgan fingerprint density at radius 3 is 2.52 bits per heavy atom. The lowest BCUT2D eigenvalue weighted by Crippen LogP contribution is -2.41. The normalized spacial score (nSPS) is 11.6. The monoisotopic (exact) mass is 366 g/mol. The number of halogens is 1. The van der Waals surface area contributed by atoms with E-state index in [2.05, 4.69) is 20.8 Å². The van der Waals surface area contributed by atoms with Gasteiger partial charge in [0.05, 0.1) is 23.1 Å². The van der Waals surface area contributed by atoms with Crippen LogP contribution in [0, 0.1) is 5.92 Å². The number of amides is 2. The van der Waals surface area contributed by atoms with Gasteiger partial charge in [0.25, 0.3) is 11.8 Å². The molecule has 0 unspecified atom stereocenters. The highest BCUT2D eigenvalue weighted by atomic mass is 35.5. The quantitative estimate of drug-likeness (QED) is 0.817. The van der Waals surface area contributed by atoms with Crippen molar-refractivity contribution in [2.75, 3.05) is 11.9 Å². The minimum atomic E-state index is -0.991. The zero-order valence-electron chi connectivity index (χ0n) is 15.0. The lowest BCUT2D eigenvalue weighted by molar-refractivity contribution is -0.123. The Labute approximate surface area is 151 Å². The van der Waals surface area contributed by atoms with E-state index in [9.17, 15) is 9.59 Å². The summed E-state index contributed by atoms with van der Waals surface area (Å²) in [5.41, 5.74) is -0.349. The standard InChI is InChI=1S/C16H23ClN6O2/c1-10(2)6-18-14(24)13-12(8-19-22(13)5)21-15(25)16(3,4)23-9-11(17)7-20-23/h7-10H,6H2,1-5H3,(H,18,24)(H,21,25). The van der Waals surface area contributed by atoms with E-state index in [1.807, 2.05) is 13.8 Å². The SMILES string of the molecule is CC(C)CNC(=O)c1c(NC(=O)C(C)(C)n2cc(Cl)cn2)cnn1C. The van der Waals surface area contributed by atoms with E-state index in [1.165, 1.54) is 21.8 Å². The predicted octanol–water partition coefficient (Wildman–Crippen LogP) is 2.03. The summed E-state index contributed by atoms with van der Waals surface area (Å²) in [6.07, 6.45) is 4.49. The molecular formula is C16H23ClN6O2. The summed E-state index contributed by atoms with van der Waals surface area (Å²) in [7, 11) is 1.65. The maximum Gasteiger partial charge on any atom is 0.271 e. The lowest BCUT2D eigenvalue weighted by atomic mass is 10.0. The van der Waals surface area contributed by atoms with E-state index >= 15 is 0 Å². The number of anilines is 1. The van der Waals surface area contributed by atoms with Gasteiger partial charge in [-0.15, -0.1) is 0 Å². The Morgan fingerprint density at radius 2 is 1.96 bits per heavy atom. The first-order chi connectivity index (χ1) is 11.6. The van der Waals surface area contributed by atoms with Gasteiger partial charge in [-0.3, -0.25) is 19.0 Å². The number of aryl methyl sites for hydroxylation is 1. The van der Waals surface area contributed by atoms with E-state index in [0.29, 0.717) is 28.9 Å². The summed E-state index contributed by atoms with van der Waals surface area (Å²) >= 11 is 5.88. The fraction of sp³-hybridized carbons (Fsp3) is 0.500. The average molecular weight is 367 g/mol. The smallest absolute Gasteiger partial charge is 0.271 e. The Balaban J connectivity index is 2.20. The van der Waals surface area contributed by atoms with Gasteiger partial charge in [0.15, 0.2) is 0 Å². The van der Waals surface area contributed by atoms with E-state index in [-0.39, 0.29) is 11.8 Å². The van der Waals surface area contributed by atoms with E-state index in [0.717, 1.165) is 0 Å². The van der Waals surface area contributed by atoms with Crippen LogP contribution >= 0.6 is 11.6 Å². The van der Waals surface area contributed by atoms with Crippen molar-refractivity contribution in [1.82, 2.24) is 24.9 Å². The number of aromatic nitrogens is 4. The van der Waals surface area contributed by atoms with Gasteiger partial charge < -0.3 is 10.6 Å². The number of hydrogen-bond acceptors (Lipinski definition) is 4. The van der Waals surface area contributed by atoms with Crippen LogP contribution in [0.2, 0.25) is 5.02 Å². The van der Waals surface area contributed by atoms with Crippen LogP contribution < -0.4 is 10.6 Å². The second kappa shape index (κ2) is 7.26. The summed E-state index contributed by atoms with van der Waals surface area (Å²) in [4.78, 5) is 25.1. The van der Waals surface area contributed by atoms with Gasteiger partial charge in [-0.05, 0) is 19.8 Å². The molecule has 9 heteroatoms. The highest BCUT2D eigenvalue weighted by Gasteiger charge is 2.32. The molecule has 2 amide bonds. The first kappa shape index (κ1) is 19.0. The van der Waals surface area contributed by atoms with Crippen molar-refractivity contribution >= 4 is 29.1 Å². The van der Waals surface area contributed by atoms with Crippen molar-refractivity contribution in [2.24, 2.45) is 13.0 Å². The summed E-state index contributed by atoms with van der Waals surface area (Å²) in [5, 5.41) is 14.2. The van der Waals surface area contributed by atoms with Crippen LogP contribution in [0.4, 0.5) is 5.69 Å². The van der Waals surface area contributed by atoms with Gasteiger partial charge in [0.1, 0.15) is 11.2 Å². The minimum absolute atomic E-state index is 0.288. The molecule has 25 heavy (non-hydrogen) atoms. The molecule has 0 aromatic carbocycles. The molecule has 0 fully saturated rings. The number of nitrogens with one attached hydrogen (secondary N) is 2. The van der Waals surface area contributed by atoms with Crippen molar-refractivity contribution in [3.05, 3.63) is 29.3 Å². The molecule has 0 saturated heterocycles. The van der Waals surface area contributed by atoms with Crippen LogP contribution in [0.5, 0.6) is 0 Å². The highest BCUT2D eigenvalue weighted by Crippen LogP contribution is 2.21. The molecule has 0 saturated carbocycles. The molecule has 2 aromatic heterocycles. The molecule has 0 atom stereocenters. The molecule has 0 aliphatic heterocycles. The van der Waals surface area contributed by atoms with Crippen molar-refractivity contribution in [2.45, 2.75) is 33.2 Å². The molecule has 2 rings (SSSR count). The van der Waals surface area contributed by atoms with Gasteiger partial charge in [0.2, 0.25) is 0 Å². The fourth-order valence-electron chi connectivity index (χ4n) is 2.16. The largest absolute Gasteiger partial charge is 0.350 e. The molecule has 8 nitrogen and oxygen atoms in total. The van der Waals surface area contributed by atoms with Gasteiger partial charge in [-0.2, -0.15) is 10.2 Å². The second-order valence-corrected chi connectivity index (χ2v) is 7.19. The van der Waals surface area contributed by atoms with Crippen molar-refractivity contribution < 1.29 is 9.59 Å². The van der Waals surface area contributed by atoms with Crippen molar-refractivity contribution in [3.8, 4) is 0 Å². The second-order valence-electron chi connectivity index (χ2n) is 6.75. The number of carbonyl (C=O) groups is 2. The van der Waals surface area contributed by atoms with Crippen LogP contribution in [0.15, 0.2) is 18.6 Å². The topological polar surface area (TPSA) is 93.8 Å². The first-order valence-electron chi connectivity index (χ1n) is 7.95. The Kier molecular flexibility index (Phi) is 5.52. The number of rotatable bonds is 6. The maximum absolute atomic E-state index is 12.7. The van der Waals surface area contributed by atoms with Gasteiger partial charge in [-0.1, -0.05) is 25.4 Å². The van der Waals surface area contributed by atoms with Crippen LogP contribution in [-0.4, -0.2) is 37.9 Å². The first-order valence-corrected chi connectivity index (χ1v) is 8.33. The van der Waals surface area contributed by atoms with Crippen LogP contribution in [-0.2, 0) is 17.4 Å². The molecule has 0 radical (unpaired) electrons. The average Bonchev–Trinajstić information content (AvgIpc) is 3.11. The highest BCUT2D eigenvalue weighted by molar-refractivity contribution is 6.30. The molecule has 0 aliphatic carbocycles. The fourth-order valence-corrected chi connectivity index (χ4v) is 2.30. The molecule has 0 bridgehead atoms. The van der Waals surface area contributed by atoms with Gasteiger partial charge in [-0.25, -0.2) is 0 Å². The molecule has 136 valence electrons. The zero-order valence-corrected chi connectivity index (χ0v) is 15.8. The van der Waals surface area contributed by atoms with Gasteiger partial charge >= 0.3 is 0 Å². The predicted molar refractivity (Wildman–Crippen MR) is 95.6 cm³/mol. The van der Waals surface area contributed by atoms with Crippen molar-refractivity contribution in [1.29, 1.82) is 0 Å². The van der Waals surface area contributed by atoms with Crippen LogP contribution in [0.25, 0.3) is 0 Å². The third-order valence-electron chi connectivity index (χ3n) is 3.75. The number of carbonyl (C=O) groups excluding carboxylic acids is 2. The summed E-state index contributed by atoms with van der Waals surface area (Å²) in [5.74, 6) is -0.305. The molecule has 2 heterocycles. The number of hydrogen-bond donors (Lipinski definition) is 2. The molecule has 2 aromatic rings. The maximum atomic E-state index is 12.7. The molecule has 0 spiro atoms. The number of nitrogens with zero attached hydrogens (tertiary/aromatic N) is 4. The Bertz CT molecular complexity index is 777. The summed E-state index contributed by atoms with van der Waals surface area (Å²) < 4.78 is 2.91. The molecular weight excluding hydrogens is 344 g/mol. The minimum Gasteiger partial charge on any atom is -0.350 e. The van der Waals surface area contributed by atoms with E-state index in [1.54, 1.807) is 27.1 Å².